The molecule has 2 nitrogen and oxygen atoms in total. The number of hydrogen-bond donors (Lipinski definition) is 0. The Morgan fingerprint density at radius 3 is 1.57 bits per heavy atom. The maximum Gasteiger partial charge on any atom is 0.194 e. The third kappa shape index (κ3) is 2.31. The van der Waals surface area contributed by atoms with Crippen LogP contribution >= 0.6 is 0 Å². The lowest BCUT2D eigenvalue weighted by Gasteiger charge is -2.16. The molecule has 0 aromatic carbocycles. The van der Waals surface area contributed by atoms with Crippen molar-refractivity contribution in [3.05, 3.63) is 70.9 Å². The predicted molar refractivity (Wildman–Crippen MR) is 83.6 cm³/mol. The Balaban J connectivity index is 2.15. The van der Waals surface area contributed by atoms with Crippen LogP contribution < -0.4 is 0 Å². The van der Waals surface area contributed by atoms with E-state index in [-0.39, 0.29) is 22.9 Å². The topological polar surface area (TPSA) is 34.1 Å². The van der Waals surface area contributed by atoms with Crippen LogP contribution in [0.25, 0.3) is 0 Å². The Kier molecular flexibility index (Phi) is 3.05. The highest BCUT2D eigenvalue weighted by atomic mass is 16.1. The number of allylic oxidation sites excluding steroid dienone is 12. The van der Waals surface area contributed by atoms with Gasteiger partial charge in [0.25, 0.3) is 0 Å². The summed E-state index contributed by atoms with van der Waals surface area (Å²) in [6.07, 6.45) is 15.0. The minimum Gasteiger partial charge on any atom is -0.289 e. The molecule has 0 N–H and O–H groups in total. The molecule has 0 amide bonds. The number of carbonyl (C=O) groups is 2. The summed E-state index contributed by atoms with van der Waals surface area (Å²) in [5.74, 6) is 0.0995. The molecule has 0 aromatic rings. The second-order valence-electron chi connectivity index (χ2n) is 6.38. The normalized spacial score (nSPS) is 24.1. The smallest absolute Gasteiger partial charge is 0.194 e. The van der Waals surface area contributed by atoms with Gasteiger partial charge in [-0.15, -0.1) is 0 Å². The molecule has 3 aliphatic rings. The Morgan fingerprint density at radius 1 is 0.762 bits per heavy atom. The highest BCUT2D eigenvalue weighted by molar-refractivity contribution is 6.29. The second-order valence-corrected chi connectivity index (χ2v) is 6.38. The quantitative estimate of drug-likeness (QED) is 0.634. The second kappa shape index (κ2) is 4.66. The van der Waals surface area contributed by atoms with Crippen molar-refractivity contribution in [2.24, 2.45) is 11.3 Å². The van der Waals surface area contributed by atoms with Gasteiger partial charge in [0.05, 0.1) is 0 Å². The van der Waals surface area contributed by atoms with Crippen LogP contribution in [0.3, 0.4) is 0 Å². The highest BCUT2D eigenvalue weighted by Gasteiger charge is 2.32. The predicted octanol–water partition coefficient (Wildman–Crippen LogP) is 3.65. The van der Waals surface area contributed by atoms with E-state index in [1.54, 1.807) is 24.3 Å². The monoisotopic (exact) mass is 278 g/mol. The SMILES string of the molecule is CC1C=CC2=C(C=C1)C(=O)C1=C(C=CC(C)(C)C=C1)C2=O. The van der Waals surface area contributed by atoms with E-state index in [2.05, 4.69) is 0 Å². The first-order valence-corrected chi connectivity index (χ1v) is 7.22. The molecule has 0 aliphatic heterocycles. The van der Waals surface area contributed by atoms with Gasteiger partial charge >= 0.3 is 0 Å². The van der Waals surface area contributed by atoms with Gasteiger partial charge < -0.3 is 0 Å². The van der Waals surface area contributed by atoms with Gasteiger partial charge in [0.2, 0.25) is 0 Å². The number of Topliss-reactive ketones (excluding diaryl/α,β-unsaturated/α-hetero) is 2. The zero-order valence-electron chi connectivity index (χ0n) is 12.5. The Labute approximate surface area is 124 Å². The van der Waals surface area contributed by atoms with Crippen LogP contribution in [0.1, 0.15) is 20.8 Å². The van der Waals surface area contributed by atoms with Crippen LogP contribution in [0.2, 0.25) is 0 Å². The standard InChI is InChI=1S/C19H18O2/c1-12-4-6-13-14(7-5-12)18(21)16-9-11-19(2,3)10-8-15(16)17(13)20/h4-12H,1-3H3. The van der Waals surface area contributed by atoms with Gasteiger partial charge in [-0.25, -0.2) is 0 Å². The first-order valence-electron chi connectivity index (χ1n) is 7.22. The highest BCUT2D eigenvalue weighted by Crippen LogP contribution is 2.34. The molecule has 2 heteroatoms. The van der Waals surface area contributed by atoms with Crippen LogP contribution in [-0.4, -0.2) is 11.6 Å². The summed E-state index contributed by atoms with van der Waals surface area (Å²) >= 11 is 0. The summed E-state index contributed by atoms with van der Waals surface area (Å²) in [6.45, 7) is 6.13. The largest absolute Gasteiger partial charge is 0.289 e. The van der Waals surface area contributed by atoms with Gasteiger partial charge in [0.15, 0.2) is 11.6 Å². The van der Waals surface area contributed by atoms with E-state index in [0.717, 1.165) is 0 Å². The van der Waals surface area contributed by atoms with Crippen molar-refractivity contribution in [1.29, 1.82) is 0 Å². The zero-order valence-corrected chi connectivity index (χ0v) is 12.5. The molecule has 0 radical (unpaired) electrons. The lowest BCUT2D eigenvalue weighted by Crippen LogP contribution is -2.20. The van der Waals surface area contributed by atoms with E-state index < -0.39 is 0 Å². The molecule has 0 unspecified atom stereocenters. The van der Waals surface area contributed by atoms with Crippen molar-refractivity contribution < 1.29 is 9.59 Å². The van der Waals surface area contributed by atoms with Gasteiger partial charge in [0, 0.05) is 27.7 Å². The molecule has 0 fully saturated rings. The lowest BCUT2D eigenvalue weighted by molar-refractivity contribution is -0.115. The molecule has 0 spiro atoms. The molecule has 0 saturated carbocycles. The van der Waals surface area contributed by atoms with Gasteiger partial charge in [0.1, 0.15) is 0 Å². The van der Waals surface area contributed by atoms with Crippen molar-refractivity contribution in [1.82, 2.24) is 0 Å². The fraction of sp³-hybridized carbons (Fsp3) is 0.263. The van der Waals surface area contributed by atoms with E-state index in [1.807, 2.05) is 45.1 Å². The molecular weight excluding hydrogens is 260 g/mol. The summed E-state index contributed by atoms with van der Waals surface area (Å²) in [4.78, 5) is 25.4. The molecule has 3 aliphatic carbocycles. The van der Waals surface area contributed by atoms with Gasteiger partial charge in [-0.05, 0) is 5.92 Å². The third-order valence-corrected chi connectivity index (χ3v) is 4.05. The lowest BCUT2D eigenvalue weighted by atomic mass is 9.84. The Hall–Kier alpha value is -2.22. The van der Waals surface area contributed by atoms with Crippen LogP contribution in [0.15, 0.2) is 70.9 Å². The summed E-state index contributed by atoms with van der Waals surface area (Å²) in [6, 6.07) is 0. The van der Waals surface area contributed by atoms with Crippen LogP contribution in [0.4, 0.5) is 0 Å². The maximum absolute atomic E-state index is 12.7. The average Bonchev–Trinajstić information content (AvgIpc) is 2.71. The Bertz CT molecular complexity index is 661. The van der Waals surface area contributed by atoms with Crippen LogP contribution in [0.5, 0.6) is 0 Å². The van der Waals surface area contributed by atoms with Gasteiger partial charge in [-0.2, -0.15) is 0 Å². The van der Waals surface area contributed by atoms with Crippen molar-refractivity contribution in [2.45, 2.75) is 20.8 Å². The van der Waals surface area contributed by atoms with Crippen molar-refractivity contribution in [3.8, 4) is 0 Å². The molecule has 106 valence electrons. The molecule has 21 heavy (non-hydrogen) atoms. The minimum atomic E-state index is -0.157. The molecule has 0 atom stereocenters. The van der Waals surface area contributed by atoms with E-state index >= 15 is 0 Å². The molecule has 0 bridgehead atoms. The van der Waals surface area contributed by atoms with Gasteiger partial charge in [-0.3, -0.25) is 9.59 Å². The van der Waals surface area contributed by atoms with Crippen molar-refractivity contribution in [2.75, 3.05) is 0 Å². The summed E-state index contributed by atoms with van der Waals surface area (Å²) in [7, 11) is 0. The van der Waals surface area contributed by atoms with E-state index in [0.29, 0.717) is 22.3 Å². The minimum absolute atomic E-state index is 0.0619. The molecule has 3 rings (SSSR count). The maximum atomic E-state index is 12.7. The van der Waals surface area contributed by atoms with E-state index in [1.165, 1.54) is 0 Å². The van der Waals surface area contributed by atoms with E-state index in [4.69, 9.17) is 0 Å². The first-order chi connectivity index (χ1) is 9.89. The molecule has 0 heterocycles. The summed E-state index contributed by atoms with van der Waals surface area (Å²) in [5.41, 5.74) is 1.88. The third-order valence-electron chi connectivity index (χ3n) is 4.05. The summed E-state index contributed by atoms with van der Waals surface area (Å²) in [5, 5.41) is 0. The van der Waals surface area contributed by atoms with Crippen molar-refractivity contribution in [3.63, 3.8) is 0 Å². The number of rotatable bonds is 0. The fourth-order valence-electron chi connectivity index (χ4n) is 2.65. The van der Waals surface area contributed by atoms with Crippen molar-refractivity contribution >= 4 is 11.6 Å². The number of hydrogen-bond acceptors (Lipinski definition) is 2. The van der Waals surface area contributed by atoms with Crippen LogP contribution in [-0.2, 0) is 9.59 Å². The van der Waals surface area contributed by atoms with E-state index in [9.17, 15) is 9.59 Å². The van der Waals surface area contributed by atoms with Crippen LogP contribution in [0, 0.1) is 11.3 Å². The zero-order chi connectivity index (χ0) is 15.2. The molecule has 0 saturated heterocycles. The number of ketones is 2. The fourth-order valence-corrected chi connectivity index (χ4v) is 2.65. The Morgan fingerprint density at radius 2 is 1.14 bits per heavy atom. The summed E-state index contributed by atoms with van der Waals surface area (Å²) < 4.78 is 0. The first kappa shape index (κ1) is 13.7. The molecule has 0 aromatic heterocycles. The molecular formula is C19H18O2. The van der Waals surface area contributed by atoms with Gasteiger partial charge in [-0.1, -0.05) is 69.4 Å². The average molecular weight is 278 g/mol. The number of carbonyl (C=O) groups excluding carboxylic acids is 2.